The first-order valence-electron chi connectivity index (χ1n) is 12.9. The highest BCUT2D eigenvalue weighted by Crippen LogP contribution is 2.40. The van der Waals surface area contributed by atoms with Crippen molar-refractivity contribution in [3.05, 3.63) is 41.8 Å². The molecule has 5 heterocycles. The van der Waals surface area contributed by atoms with Gasteiger partial charge in [-0.1, -0.05) is 5.16 Å². The molecule has 16 nitrogen and oxygen atoms in total. The molecule has 3 unspecified atom stereocenters. The molecule has 0 bridgehead atoms. The number of anilines is 1. The van der Waals surface area contributed by atoms with Gasteiger partial charge in [-0.25, -0.2) is 4.57 Å². The van der Waals surface area contributed by atoms with Gasteiger partial charge < -0.3 is 41.2 Å². The first-order valence-corrected chi connectivity index (χ1v) is 14.8. The summed E-state index contributed by atoms with van der Waals surface area (Å²) in [5.74, 6) is -2.65. The first-order chi connectivity index (χ1) is 20.2. The van der Waals surface area contributed by atoms with E-state index in [-0.39, 0.29) is 47.8 Å². The molecule has 0 saturated carbocycles. The summed E-state index contributed by atoms with van der Waals surface area (Å²) in [5.41, 5.74) is 12.5. The highest BCUT2D eigenvalue weighted by molar-refractivity contribution is 8.00. The summed E-state index contributed by atoms with van der Waals surface area (Å²) in [6.07, 6.45) is 3.24. The number of carboxylic acids is 1. The molecule has 18 heteroatoms. The number of nitrogen functional groups attached to an aromatic ring is 1. The van der Waals surface area contributed by atoms with Crippen molar-refractivity contribution < 1.29 is 34.0 Å². The second-order valence-corrected chi connectivity index (χ2v) is 11.3. The van der Waals surface area contributed by atoms with Crippen molar-refractivity contribution in [2.24, 2.45) is 10.9 Å². The molecule has 42 heavy (non-hydrogen) atoms. The summed E-state index contributed by atoms with van der Waals surface area (Å²) in [7, 11) is 0. The zero-order valence-electron chi connectivity index (χ0n) is 22.4. The Morgan fingerprint density at radius 1 is 1.43 bits per heavy atom. The molecule has 0 aromatic carbocycles. The number of aromatic nitrogens is 5. The number of aliphatic hydroxyl groups excluding tert-OH is 1. The maximum atomic E-state index is 13.2. The lowest BCUT2D eigenvalue weighted by atomic mass is 10.0. The van der Waals surface area contributed by atoms with Crippen molar-refractivity contribution in [1.29, 1.82) is 0 Å². The van der Waals surface area contributed by atoms with E-state index in [9.17, 15) is 24.6 Å². The first kappa shape index (κ1) is 29.4. The Hall–Kier alpha value is -4.13. The fraction of sp³-hybridized carbons (Fsp3) is 0.417. The number of hydrogen-bond acceptors (Lipinski definition) is 14. The Morgan fingerprint density at radius 3 is 2.93 bits per heavy atom. The molecular formula is C24H28N10O6S2. The SMILES string of the molecule is CCO/N=C(\C(=O)NC1C(=O)N2C(C(=O)[O-])=C(C[n+]3cccc4c3ncn4CCC(O)CN)CSC12)c1nsc(N)n1. The van der Waals surface area contributed by atoms with E-state index >= 15 is 0 Å². The molecule has 2 amide bonds. The number of pyridine rings is 1. The Morgan fingerprint density at radius 2 is 2.24 bits per heavy atom. The van der Waals surface area contributed by atoms with Gasteiger partial charge in [0.15, 0.2) is 5.13 Å². The van der Waals surface area contributed by atoms with Gasteiger partial charge in [0.05, 0.1) is 24.0 Å². The second kappa shape index (κ2) is 12.4. The average Bonchev–Trinajstić information content (AvgIpc) is 3.60. The van der Waals surface area contributed by atoms with Crippen LogP contribution in [-0.2, 0) is 32.3 Å². The Kier molecular flexibility index (Phi) is 8.66. The van der Waals surface area contributed by atoms with Gasteiger partial charge in [0, 0.05) is 35.9 Å². The zero-order valence-corrected chi connectivity index (χ0v) is 24.0. The third-order valence-electron chi connectivity index (χ3n) is 6.67. The third-order valence-corrected chi connectivity index (χ3v) is 8.55. The van der Waals surface area contributed by atoms with Gasteiger partial charge in [0.2, 0.25) is 17.9 Å². The van der Waals surface area contributed by atoms with Crippen LogP contribution in [-0.4, -0.2) is 88.8 Å². The van der Waals surface area contributed by atoms with E-state index in [0.29, 0.717) is 24.2 Å². The number of thioether (sulfide) groups is 1. The van der Waals surface area contributed by atoms with Gasteiger partial charge >= 0.3 is 5.65 Å². The van der Waals surface area contributed by atoms with Crippen LogP contribution in [0.1, 0.15) is 19.2 Å². The molecule has 2 aliphatic heterocycles. The van der Waals surface area contributed by atoms with E-state index < -0.39 is 35.3 Å². The molecule has 222 valence electrons. The maximum absolute atomic E-state index is 13.2. The van der Waals surface area contributed by atoms with Crippen molar-refractivity contribution in [3.63, 3.8) is 0 Å². The van der Waals surface area contributed by atoms with Crippen LogP contribution in [0.3, 0.4) is 0 Å². The molecule has 0 spiro atoms. The van der Waals surface area contributed by atoms with Crippen LogP contribution in [0.2, 0.25) is 0 Å². The van der Waals surface area contributed by atoms with Gasteiger partial charge in [0.1, 0.15) is 30.1 Å². The molecule has 2 aliphatic rings. The Bertz CT molecular complexity index is 1590. The van der Waals surface area contributed by atoms with Gasteiger partial charge in [0.25, 0.3) is 11.8 Å². The fourth-order valence-corrected chi connectivity index (χ4v) is 6.42. The van der Waals surface area contributed by atoms with Crippen molar-refractivity contribution in [2.75, 3.05) is 24.6 Å². The third kappa shape index (κ3) is 5.65. The monoisotopic (exact) mass is 616 g/mol. The zero-order chi connectivity index (χ0) is 30.0. The minimum Gasteiger partial charge on any atom is -0.543 e. The summed E-state index contributed by atoms with van der Waals surface area (Å²) in [5, 5.41) is 27.9. The molecular weight excluding hydrogens is 588 g/mol. The number of aliphatic carboxylic acids is 1. The second-order valence-electron chi connectivity index (χ2n) is 9.38. The van der Waals surface area contributed by atoms with Crippen LogP contribution in [0, 0.1) is 0 Å². The summed E-state index contributed by atoms with van der Waals surface area (Å²) in [6, 6.07) is 2.67. The number of carboxylic acid groups (broad SMARTS) is 1. The number of oxime groups is 1. The molecule has 6 N–H and O–H groups in total. The summed E-state index contributed by atoms with van der Waals surface area (Å²) >= 11 is 2.18. The highest BCUT2D eigenvalue weighted by Gasteiger charge is 2.53. The van der Waals surface area contributed by atoms with E-state index in [4.69, 9.17) is 16.3 Å². The number of nitrogens with two attached hydrogens (primary N) is 2. The van der Waals surface area contributed by atoms with Gasteiger partial charge in [-0.3, -0.25) is 14.5 Å². The number of imidazole rings is 1. The Labute approximate surface area is 247 Å². The smallest absolute Gasteiger partial charge is 0.349 e. The van der Waals surface area contributed by atoms with E-state index in [1.807, 2.05) is 16.7 Å². The van der Waals surface area contributed by atoms with Crippen molar-refractivity contribution in [3.8, 4) is 0 Å². The van der Waals surface area contributed by atoms with Crippen LogP contribution in [0.5, 0.6) is 0 Å². The van der Waals surface area contributed by atoms with E-state index in [0.717, 1.165) is 21.9 Å². The number of aliphatic hydroxyl groups is 1. The maximum Gasteiger partial charge on any atom is 0.349 e. The molecule has 3 aromatic rings. The number of carbonyl (C=O) groups excluding carboxylic acids is 3. The standard InChI is InChI=1S/C24H28N10O6S2/c1-2-40-30-15(18-29-24(26)42-31-18)20(36)28-16-21(37)34-17(23(38)39)12(10-41-22(16)34)9-32-6-3-4-14-19(32)27-11-33(14)7-5-13(35)8-25/h3-4,6,11,13,16,22,35H,2,5,7-10,25H2,1H3,(H3-,26,28,29,31,36,38,39)/b30-15-. The topological polar surface area (TPSA) is 231 Å². The normalized spacial score (nSPS) is 19.5. The van der Waals surface area contributed by atoms with Gasteiger partial charge in [-0.2, -0.15) is 9.36 Å². The lowest BCUT2D eigenvalue weighted by Crippen LogP contribution is -2.71. The lowest BCUT2D eigenvalue weighted by Gasteiger charge is -2.50. The minimum atomic E-state index is -1.50. The Balaban J connectivity index is 1.35. The van der Waals surface area contributed by atoms with Crippen molar-refractivity contribution in [2.45, 2.75) is 44.0 Å². The molecule has 1 fully saturated rings. The van der Waals surface area contributed by atoms with Crippen LogP contribution in [0.15, 0.2) is 41.1 Å². The molecule has 5 rings (SSSR count). The number of fused-ring (bicyclic) bond motifs is 2. The lowest BCUT2D eigenvalue weighted by molar-refractivity contribution is -0.664. The van der Waals surface area contributed by atoms with Crippen molar-refractivity contribution >= 4 is 63.1 Å². The number of nitrogens with zero attached hydrogens (tertiary/aromatic N) is 7. The van der Waals surface area contributed by atoms with E-state index in [2.05, 4.69) is 24.8 Å². The van der Waals surface area contributed by atoms with Crippen molar-refractivity contribution in [1.82, 2.24) is 29.1 Å². The van der Waals surface area contributed by atoms with E-state index in [1.54, 1.807) is 24.0 Å². The number of β-lactam (4-membered cyclic amide) rings is 1. The average molecular weight is 617 g/mol. The molecule has 3 aromatic heterocycles. The van der Waals surface area contributed by atoms with Gasteiger partial charge in [-0.15, -0.1) is 11.8 Å². The molecule has 0 radical (unpaired) electrons. The number of rotatable bonds is 12. The fourth-order valence-electron chi connectivity index (χ4n) is 4.65. The van der Waals surface area contributed by atoms with Crippen LogP contribution < -0.4 is 26.5 Å². The van der Waals surface area contributed by atoms with Crippen LogP contribution in [0.4, 0.5) is 5.13 Å². The highest BCUT2D eigenvalue weighted by atomic mass is 32.2. The predicted molar refractivity (Wildman–Crippen MR) is 149 cm³/mol. The van der Waals surface area contributed by atoms with Gasteiger partial charge in [-0.05, 0) is 30.5 Å². The number of carbonyl (C=O) groups is 3. The quantitative estimate of drug-likeness (QED) is 0.0705. The summed E-state index contributed by atoms with van der Waals surface area (Å²) < 4.78 is 7.66. The number of nitrogens with one attached hydrogen (secondary N) is 1. The molecule has 0 aliphatic carbocycles. The van der Waals surface area contributed by atoms with Crippen LogP contribution >= 0.6 is 23.3 Å². The van der Waals surface area contributed by atoms with E-state index in [1.165, 1.54) is 11.8 Å². The molecule has 1 saturated heterocycles. The number of hydrogen-bond donors (Lipinski definition) is 4. The van der Waals surface area contributed by atoms with Crippen LogP contribution in [0.25, 0.3) is 11.2 Å². The predicted octanol–water partition coefficient (Wildman–Crippen LogP) is -2.69. The molecule has 3 atom stereocenters. The number of amides is 2. The minimum absolute atomic E-state index is 0.0508. The summed E-state index contributed by atoms with van der Waals surface area (Å²) in [6.45, 7) is 2.66. The summed E-state index contributed by atoms with van der Waals surface area (Å²) in [4.78, 5) is 53.1. The largest absolute Gasteiger partial charge is 0.543 e. The number of aryl methyl sites for hydroxylation is 1.